The Morgan fingerprint density at radius 1 is 0.833 bits per heavy atom. The zero-order valence-corrected chi connectivity index (χ0v) is 9.67. The second-order valence-electron chi connectivity index (χ2n) is 4.19. The molecular weight excluding hydrogens is 232 g/mol. The summed E-state index contributed by atoms with van der Waals surface area (Å²) < 4.78 is 0. The molecule has 0 aliphatic heterocycles. The molecule has 0 saturated carbocycles. The second-order valence-corrected chi connectivity index (χ2v) is 4.19. The van der Waals surface area contributed by atoms with Crippen LogP contribution in [0.5, 0.6) is 0 Å². The fourth-order valence-corrected chi connectivity index (χ4v) is 1.78. The Kier molecular flexibility index (Phi) is 3.28. The van der Waals surface area contributed by atoms with Gasteiger partial charge in [-0.3, -0.25) is 0 Å². The molecule has 18 heavy (non-hydrogen) atoms. The van der Waals surface area contributed by atoms with E-state index in [1.54, 1.807) is 18.2 Å². The van der Waals surface area contributed by atoms with Gasteiger partial charge in [-0.05, 0) is 35.8 Å². The lowest BCUT2D eigenvalue weighted by Crippen LogP contribution is -1.96. The summed E-state index contributed by atoms with van der Waals surface area (Å²) in [5, 5.41) is 37.2. The highest BCUT2D eigenvalue weighted by Crippen LogP contribution is 2.22. The Balaban J connectivity index is 2.15. The van der Waals surface area contributed by atoms with Crippen LogP contribution in [-0.4, -0.2) is 20.4 Å². The van der Waals surface area contributed by atoms with Gasteiger partial charge in [0.1, 0.15) is 11.5 Å². The third-order valence-corrected chi connectivity index (χ3v) is 2.66. The molecule has 4 N–H and O–H groups in total. The molecule has 94 valence electrons. The molecule has 4 nitrogen and oxygen atoms in total. The Morgan fingerprint density at radius 3 is 2.22 bits per heavy atom. The summed E-state index contributed by atoms with van der Waals surface area (Å²) in [5.41, 5.74) is 1.60. The van der Waals surface area contributed by atoms with E-state index in [0.717, 1.165) is 11.1 Å². The van der Waals surface area contributed by atoms with Crippen molar-refractivity contribution in [3.8, 4) is 0 Å². The van der Waals surface area contributed by atoms with Gasteiger partial charge in [0, 0.05) is 12.5 Å². The van der Waals surface area contributed by atoms with E-state index in [1.807, 2.05) is 0 Å². The first kappa shape index (κ1) is 12.1. The third kappa shape index (κ3) is 2.85. The lowest BCUT2D eigenvalue weighted by Gasteiger charge is -2.09. The number of rotatable bonds is 1. The van der Waals surface area contributed by atoms with Gasteiger partial charge >= 0.3 is 0 Å². The van der Waals surface area contributed by atoms with E-state index in [2.05, 4.69) is 0 Å². The van der Waals surface area contributed by atoms with E-state index in [1.165, 1.54) is 18.2 Å². The number of aliphatic hydroxyl groups is 4. The molecule has 0 fully saturated rings. The molecule has 0 aromatic rings. The van der Waals surface area contributed by atoms with Gasteiger partial charge < -0.3 is 20.4 Å². The van der Waals surface area contributed by atoms with Crippen LogP contribution in [-0.2, 0) is 0 Å². The van der Waals surface area contributed by atoms with Crippen LogP contribution >= 0.6 is 0 Å². The normalized spacial score (nSPS) is 24.4. The van der Waals surface area contributed by atoms with Crippen molar-refractivity contribution in [1.29, 1.82) is 0 Å². The average Bonchev–Trinajstić information content (AvgIpc) is 2.29. The van der Waals surface area contributed by atoms with Crippen LogP contribution in [0.3, 0.4) is 0 Å². The summed E-state index contributed by atoms with van der Waals surface area (Å²) in [6, 6.07) is 0. The molecule has 2 aliphatic rings. The van der Waals surface area contributed by atoms with E-state index >= 15 is 0 Å². The fraction of sp³-hybridized carbons (Fsp3) is 0.143. The minimum absolute atomic E-state index is 0.0166. The fourth-order valence-electron chi connectivity index (χ4n) is 1.78. The van der Waals surface area contributed by atoms with Crippen LogP contribution in [0, 0.1) is 0 Å². The summed E-state index contributed by atoms with van der Waals surface area (Å²) in [5.74, 6) is -0.145. The topological polar surface area (TPSA) is 80.9 Å². The van der Waals surface area contributed by atoms with E-state index in [9.17, 15) is 20.4 Å². The van der Waals surface area contributed by atoms with E-state index in [0.29, 0.717) is 12.8 Å². The molecule has 0 saturated heterocycles. The van der Waals surface area contributed by atoms with E-state index in [-0.39, 0.29) is 23.0 Å². The predicted octanol–water partition coefficient (Wildman–Crippen LogP) is 3.41. The van der Waals surface area contributed by atoms with Gasteiger partial charge in [0.25, 0.3) is 0 Å². The minimum atomic E-state index is -0.157. The molecule has 0 heterocycles. The first-order valence-corrected chi connectivity index (χ1v) is 5.54. The quantitative estimate of drug-likeness (QED) is 0.571. The average molecular weight is 246 g/mol. The highest BCUT2D eigenvalue weighted by molar-refractivity contribution is 5.41. The van der Waals surface area contributed by atoms with Gasteiger partial charge in [0.15, 0.2) is 11.5 Å². The molecule has 2 aliphatic carbocycles. The molecule has 0 aromatic carbocycles. The molecule has 0 spiro atoms. The van der Waals surface area contributed by atoms with Gasteiger partial charge in [-0.2, -0.15) is 0 Å². The van der Waals surface area contributed by atoms with Crippen molar-refractivity contribution in [2.45, 2.75) is 12.8 Å². The standard InChI is InChI=1S/C14H14O4/c15-11-5-10(6-12(16)8-11)2-1-9-3-4-13(17)14(18)7-9/h1-2,4-5,7-8,15-18H,3,6H2/b9-1-,10-2-. The zero-order valence-electron chi connectivity index (χ0n) is 9.67. The maximum Gasteiger partial charge on any atom is 0.157 e. The second kappa shape index (κ2) is 4.87. The highest BCUT2D eigenvalue weighted by atomic mass is 16.3. The molecule has 0 bridgehead atoms. The molecule has 0 unspecified atom stereocenters. The molecule has 0 aromatic heterocycles. The number of hydrogen-bond donors (Lipinski definition) is 4. The monoisotopic (exact) mass is 246 g/mol. The lowest BCUT2D eigenvalue weighted by atomic mass is 10.0. The SMILES string of the molecule is OC1=C/C(=C/C=C2\C=C(O)C(O)=CC2)CC(O)=C1. The molecule has 0 atom stereocenters. The van der Waals surface area contributed by atoms with Crippen LogP contribution in [0.15, 0.2) is 70.6 Å². The van der Waals surface area contributed by atoms with Crippen molar-refractivity contribution in [1.82, 2.24) is 0 Å². The van der Waals surface area contributed by atoms with Crippen LogP contribution in [0.25, 0.3) is 0 Å². The van der Waals surface area contributed by atoms with Gasteiger partial charge in [-0.15, -0.1) is 0 Å². The van der Waals surface area contributed by atoms with Crippen molar-refractivity contribution in [2.75, 3.05) is 0 Å². The van der Waals surface area contributed by atoms with Crippen molar-refractivity contribution in [3.63, 3.8) is 0 Å². The Hall–Kier alpha value is -2.36. The summed E-state index contributed by atoms with van der Waals surface area (Å²) >= 11 is 0. The van der Waals surface area contributed by atoms with Crippen LogP contribution in [0.2, 0.25) is 0 Å². The van der Waals surface area contributed by atoms with Crippen molar-refractivity contribution in [3.05, 3.63) is 70.6 Å². The highest BCUT2D eigenvalue weighted by Gasteiger charge is 2.09. The van der Waals surface area contributed by atoms with Crippen molar-refractivity contribution >= 4 is 0 Å². The predicted molar refractivity (Wildman–Crippen MR) is 68.2 cm³/mol. The van der Waals surface area contributed by atoms with Gasteiger partial charge in [0.05, 0.1) is 0 Å². The smallest absolute Gasteiger partial charge is 0.157 e. The van der Waals surface area contributed by atoms with E-state index < -0.39 is 0 Å². The van der Waals surface area contributed by atoms with Gasteiger partial charge in [-0.25, -0.2) is 0 Å². The minimum Gasteiger partial charge on any atom is -0.512 e. The number of aliphatic hydroxyl groups excluding tert-OH is 4. The van der Waals surface area contributed by atoms with E-state index in [4.69, 9.17) is 0 Å². The largest absolute Gasteiger partial charge is 0.512 e. The van der Waals surface area contributed by atoms with Crippen molar-refractivity contribution < 1.29 is 20.4 Å². The summed E-state index contributed by atoms with van der Waals surface area (Å²) in [6.07, 6.45) is 10.3. The Morgan fingerprint density at radius 2 is 1.56 bits per heavy atom. The number of hydrogen-bond acceptors (Lipinski definition) is 4. The van der Waals surface area contributed by atoms with Crippen LogP contribution in [0.1, 0.15) is 12.8 Å². The Bertz CT molecular complexity index is 542. The summed E-state index contributed by atoms with van der Waals surface area (Å²) in [6.45, 7) is 0. The molecule has 0 amide bonds. The molecule has 4 heteroatoms. The van der Waals surface area contributed by atoms with Gasteiger partial charge in [0.2, 0.25) is 0 Å². The first-order chi connectivity index (χ1) is 8.54. The Labute approximate surface area is 105 Å². The summed E-state index contributed by atoms with van der Waals surface area (Å²) in [7, 11) is 0. The van der Waals surface area contributed by atoms with Gasteiger partial charge in [-0.1, -0.05) is 12.2 Å². The maximum atomic E-state index is 9.37. The summed E-state index contributed by atoms with van der Waals surface area (Å²) in [4.78, 5) is 0. The zero-order chi connectivity index (χ0) is 13.1. The first-order valence-electron chi connectivity index (χ1n) is 5.54. The third-order valence-electron chi connectivity index (χ3n) is 2.66. The van der Waals surface area contributed by atoms with Crippen molar-refractivity contribution in [2.24, 2.45) is 0 Å². The molecular formula is C14H14O4. The lowest BCUT2D eigenvalue weighted by molar-refractivity contribution is 0.322. The maximum absolute atomic E-state index is 9.37. The van der Waals surface area contributed by atoms with Crippen LogP contribution in [0.4, 0.5) is 0 Å². The molecule has 2 rings (SSSR count). The van der Waals surface area contributed by atoms with Crippen LogP contribution < -0.4 is 0 Å². The molecule has 0 radical (unpaired) electrons. The number of allylic oxidation sites excluding steroid dienone is 8.